The van der Waals surface area contributed by atoms with E-state index in [1.54, 1.807) is 29.2 Å². The average Bonchev–Trinajstić information content (AvgIpc) is 3.55. The van der Waals surface area contributed by atoms with Crippen LogP contribution in [0.1, 0.15) is 76.3 Å². The molecule has 0 spiro atoms. The molecule has 4 amide bonds. The maximum atomic E-state index is 14.1. The van der Waals surface area contributed by atoms with Gasteiger partial charge in [0.25, 0.3) is 0 Å². The molecule has 3 aliphatic heterocycles. The Labute approximate surface area is 302 Å². The lowest BCUT2D eigenvalue weighted by atomic mass is 9.87. The topological polar surface area (TPSA) is 134 Å². The molecule has 4 atom stereocenters. The smallest absolute Gasteiger partial charge is 0.312 e. The van der Waals surface area contributed by atoms with Crippen LogP contribution < -0.4 is 5.32 Å². The van der Waals surface area contributed by atoms with Crippen LogP contribution in [0, 0.1) is 11.8 Å². The third-order valence-electron chi connectivity index (χ3n) is 11.5. The fraction of sp³-hybridized carbons (Fsp3) is 0.600. The predicted molar refractivity (Wildman–Crippen MR) is 194 cm³/mol. The first-order chi connectivity index (χ1) is 24.5. The molecule has 3 saturated heterocycles. The monoisotopic (exact) mass is 701 g/mol. The van der Waals surface area contributed by atoms with Crippen LogP contribution in [0.3, 0.4) is 0 Å². The van der Waals surface area contributed by atoms with Crippen molar-refractivity contribution in [3.63, 3.8) is 0 Å². The molecule has 276 valence electrons. The maximum absolute atomic E-state index is 14.1. The van der Waals surface area contributed by atoms with Crippen LogP contribution in [0.5, 0.6) is 11.5 Å². The van der Waals surface area contributed by atoms with Gasteiger partial charge in [-0.3, -0.25) is 24.1 Å². The summed E-state index contributed by atoms with van der Waals surface area (Å²) in [4.78, 5) is 61.8. The van der Waals surface area contributed by atoms with Crippen LogP contribution in [0.4, 0.5) is 0 Å². The third-order valence-corrected chi connectivity index (χ3v) is 11.5. The average molecular weight is 702 g/mol. The van der Waals surface area contributed by atoms with E-state index in [0.717, 1.165) is 62.6 Å². The minimum atomic E-state index is -0.589. The van der Waals surface area contributed by atoms with Crippen LogP contribution in [-0.2, 0) is 32.0 Å². The Morgan fingerprint density at radius 1 is 0.706 bits per heavy atom. The summed E-state index contributed by atoms with van der Waals surface area (Å²) in [5.74, 6) is -0.883. The van der Waals surface area contributed by atoms with Crippen molar-refractivity contribution in [3.8, 4) is 11.5 Å². The molecule has 0 bridgehead atoms. The second-order valence-corrected chi connectivity index (χ2v) is 15.7. The highest BCUT2D eigenvalue weighted by atomic mass is 16.3. The second-order valence-electron chi connectivity index (χ2n) is 15.7. The summed E-state index contributed by atoms with van der Waals surface area (Å²) in [5, 5.41) is 22.4. The molecule has 11 nitrogen and oxygen atoms in total. The number of piperazine rings is 2. The first-order valence-corrected chi connectivity index (χ1v) is 19.1. The third kappa shape index (κ3) is 9.04. The Morgan fingerprint density at radius 2 is 1.31 bits per heavy atom. The Kier molecular flexibility index (Phi) is 11.8. The van der Waals surface area contributed by atoms with Gasteiger partial charge in [0.15, 0.2) is 0 Å². The highest BCUT2D eigenvalue weighted by molar-refractivity contribution is 6.36. The number of nitrogens with zero attached hydrogens (tertiary/aromatic N) is 4. The number of carbonyl (C=O) groups is 4. The number of likely N-dealkylation sites (tertiary alicyclic amines) is 1. The molecule has 2 aromatic carbocycles. The van der Waals surface area contributed by atoms with Gasteiger partial charge in [0.2, 0.25) is 0 Å². The number of phenols is 2. The molecular formula is C40H55N5O6. The quantitative estimate of drug-likeness (QED) is 0.271. The number of amides is 4. The van der Waals surface area contributed by atoms with E-state index < -0.39 is 23.6 Å². The first-order valence-electron chi connectivity index (χ1n) is 19.1. The summed E-state index contributed by atoms with van der Waals surface area (Å²) in [7, 11) is 0. The lowest BCUT2D eigenvalue weighted by Crippen LogP contribution is -2.65. The molecule has 0 aromatic heterocycles. The van der Waals surface area contributed by atoms with Gasteiger partial charge in [0, 0.05) is 44.8 Å². The fourth-order valence-electron chi connectivity index (χ4n) is 8.79. The normalized spacial score (nSPS) is 24.5. The largest absolute Gasteiger partial charge is 0.508 e. The molecule has 3 N–H and O–H groups in total. The molecule has 51 heavy (non-hydrogen) atoms. The van der Waals surface area contributed by atoms with Gasteiger partial charge in [-0.2, -0.15) is 0 Å². The van der Waals surface area contributed by atoms with Gasteiger partial charge >= 0.3 is 23.6 Å². The van der Waals surface area contributed by atoms with Gasteiger partial charge in [-0.15, -0.1) is 0 Å². The van der Waals surface area contributed by atoms with Crippen molar-refractivity contribution in [2.75, 3.05) is 39.3 Å². The van der Waals surface area contributed by atoms with Crippen molar-refractivity contribution in [3.05, 3.63) is 59.7 Å². The number of hydrogen-bond donors (Lipinski definition) is 3. The Morgan fingerprint density at radius 3 is 1.94 bits per heavy atom. The molecule has 4 fully saturated rings. The number of nitrogens with one attached hydrogen (secondary N) is 1. The molecule has 1 aliphatic carbocycles. The Bertz CT molecular complexity index is 1520. The van der Waals surface area contributed by atoms with E-state index in [1.807, 2.05) is 34.1 Å². The van der Waals surface area contributed by atoms with E-state index in [0.29, 0.717) is 51.5 Å². The summed E-state index contributed by atoms with van der Waals surface area (Å²) in [5.41, 5.74) is 1.99. The van der Waals surface area contributed by atoms with Crippen LogP contribution in [0.25, 0.3) is 0 Å². The van der Waals surface area contributed by atoms with E-state index in [9.17, 15) is 29.4 Å². The van der Waals surface area contributed by atoms with Gasteiger partial charge in [0.05, 0.1) is 12.1 Å². The molecular weight excluding hydrogens is 646 g/mol. The molecule has 3 heterocycles. The summed E-state index contributed by atoms with van der Waals surface area (Å²) in [6.45, 7) is 7.53. The molecule has 6 rings (SSSR count). The lowest BCUT2D eigenvalue weighted by Gasteiger charge is -2.46. The van der Waals surface area contributed by atoms with Crippen LogP contribution in [0.2, 0.25) is 0 Å². The number of carbonyl (C=O) groups excluding carboxylic acids is 4. The van der Waals surface area contributed by atoms with Crippen LogP contribution in [-0.4, -0.2) is 117 Å². The standard InChI is InChI=1S/C40H55N5O6/c1-27(2)19-33(24-42-18-6-9-31(42)25-44-32(22-41-37(48)38(44)49)20-28-10-14-35(46)15-11-28)45-26-34(21-29-12-16-36(47)17-13-29)43(39(50)40(45)51)23-30-7-4-3-5-8-30/h10-17,27,30-34,46-47H,3-9,18-26H2,1-2H3,(H,41,48)/t31-,32-,33-,34-/m0/s1. The van der Waals surface area contributed by atoms with Gasteiger partial charge in [-0.25, -0.2) is 0 Å². The van der Waals surface area contributed by atoms with Gasteiger partial charge < -0.3 is 30.2 Å². The number of phenolic OH excluding ortho intramolecular Hbond substituents is 2. The summed E-state index contributed by atoms with van der Waals surface area (Å²) in [6.07, 6.45) is 9.42. The summed E-state index contributed by atoms with van der Waals surface area (Å²) in [6, 6.07) is 13.5. The number of hydrogen-bond acceptors (Lipinski definition) is 7. The minimum Gasteiger partial charge on any atom is -0.508 e. The first kappa shape index (κ1) is 36.7. The minimum absolute atomic E-state index is 0.0167. The van der Waals surface area contributed by atoms with Crippen molar-refractivity contribution in [2.45, 2.75) is 102 Å². The van der Waals surface area contributed by atoms with E-state index in [1.165, 1.54) is 6.42 Å². The molecule has 2 aromatic rings. The van der Waals surface area contributed by atoms with E-state index in [2.05, 4.69) is 24.1 Å². The number of aromatic hydroxyl groups is 2. The van der Waals surface area contributed by atoms with Gasteiger partial charge in [-0.1, -0.05) is 57.4 Å². The molecule has 0 unspecified atom stereocenters. The van der Waals surface area contributed by atoms with E-state index in [4.69, 9.17) is 0 Å². The summed E-state index contributed by atoms with van der Waals surface area (Å²) < 4.78 is 0. The van der Waals surface area contributed by atoms with E-state index >= 15 is 0 Å². The second kappa shape index (κ2) is 16.5. The van der Waals surface area contributed by atoms with Crippen molar-refractivity contribution in [1.82, 2.24) is 24.9 Å². The fourth-order valence-corrected chi connectivity index (χ4v) is 8.79. The van der Waals surface area contributed by atoms with Crippen LogP contribution >= 0.6 is 0 Å². The Balaban J connectivity index is 1.20. The van der Waals surface area contributed by atoms with Crippen LogP contribution in [0.15, 0.2) is 48.5 Å². The van der Waals surface area contributed by atoms with Crippen molar-refractivity contribution in [2.24, 2.45) is 11.8 Å². The molecule has 11 heteroatoms. The highest BCUT2D eigenvalue weighted by Gasteiger charge is 2.44. The van der Waals surface area contributed by atoms with Gasteiger partial charge in [-0.05, 0) is 98.7 Å². The molecule has 1 saturated carbocycles. The number of rotatable bonds is 13. The maximum Gasteiger partial charge on any atom is 0.312 e. The molecule has 0 radical (unpaired) electrons. The van der Waals surface area contributed by atoms with E-state index in [-0.39, 0.29) is 41.6 Å². The van der Waals surface area contributed by atoms with Crippen molar-refractivity contribution < 1.29 is 29.4 Å². The Hall–Kier alpha value is -4.12. The lowest BCUT2D eigenvalue weighted by molar-refractivity contribution is -0.162. The zero-order chi connectivity index (χ0) is 36.1. The highest BCUT2D eigenvalue weighted by Crippen LogP contribution is 2.30. The molecule has 4 aliphatic rings. The van der Waals surface area contributed by atoms with Crippen molar-refractivity contribution in [1.29, 1.82) is 0 Å². The SMILES string of the molecule is CC(C)C[C@@H](CN1CCC[C@H]1CN1C(=O)C(=O)NC[C@@H]1Cc1ccc(O)cc1)N1C[C@H](Cc2ccc(O)cc2)N(CC2CCCCC2)C(=O)C1=O. The zero-order valence-electron chi connectivity index (χ0n) is 30.2. The zero-order valence-corrected chi connectivity index (χ0v) is 30.2. The summed E-state index contributed by atoms with van der Waals surface area (Å²) >= 11 is 0. The van der Waals surface area contributed by atoms with Gasteiger partial charge in [0.1, 0.15) is 11.5 Å². The predicted octanol–water partition coefficient (Wildman–Crippen LogP) is 3.71. The van der Waals surface area contributed by atoms with Crippen molar-refractivity contribution >= 4 is 23.6 Å². The number of benzene rings is 2.